The molecule has 0 radical (unpaired) electrons. The number of aliphatic hydroxyl groups excluding tert-OH is 1. The second kappa shape index (κ2) is 12.8. The van der Waals surface area contributed by atoms with Crippen LogP contribution in [0.15, 0.2) is 58.3 Å². The number of nitrogens with zero attached hydrogens (tertiary/aromatic N) is 3. The zero-order chi connectivity index (χ0) is 33.8. The van der Waals surface area contributed by atoms with Gasteiger partial charge < -0.3 is 0 Å². The van der Waals surface area contributed by atoms with Crippen LogP contribution in [0.3, 0.4) is 0 Å². The number of ether oxygens (including phenoxy) is 1. The van der Waals surface area contributed by atoms with Gasteiger partial charge in [-0.1, -0.05) is 0 Å². The van der Waals surface area contributed by atoms with Gasteiger partial charge in [0.15, 0.2) is 0 Å². The van der Waals surface area contributed by atoms with Gasteiger partial charge in [0.25, 0.3) is 0 Å². The number of hydrogen-bond acceptors (Lipinski definition) is 4. The Morgan fingerprint density at radius 2 is 1.63 bits per heavy atom. The first-order valence-electron chi connectivity index (χ1n) is 15.1. The average Bonchev–Trinajstić information content (AvgIpc) is 3.32. The molecule has 2 aromatic carbocycles. The molecule has 1 saturated heterocycles. The number of fused-ring (bicyclic) bond motifs is 2. The van der Waals surface area contributed by atoms with Crippen LogP contribution < -0.4 is 0 Å². The Morgan fingerprint density at radius 3 is 2.22 bits per heavy atom. The van der Waals surface area contributed by atoms with E-state index in [0.29, 0.717) is 30.6 Å². The fraction of sp³-hybridized carbons (Fsp3) is 0.485. The molecule has 1 N–H and O–H groups in total. The van der Waals surface area contributed by atoms with Gasteiger partial charge >= 0.3 is 251 Å². The van der Waals surface area contributed by atoms with E-state index in [0.717, 1.165) is 17.5 Å². The molecule has 3 aromatic rings. The van der Waals surface area contributed by atoms with Crippen molar-refractivity contribution < 1.29 is 41.0 Å². The number of rotatable bonds is 6. The number of aromatic nitrogens is 1. The van der Waals surface area contributed by atoms with Crippen molar-refractivity contribution in [3.05, 3.63) is 80.6 Å². The van der Waals surface area contributed by atoms with E-state index in [4.69, 9.17) is 4.74 Å². The Bertz CT molecular complexity index is 1590. The average molecular weight is 757 g/mol. The summed E-state index contributed by atoms with van der Waals surface area (Å²) in [5, 5.41) is 11.8. The Labute approximate surface area is 271 Å². The van der Waals surface area contributed by atoms with E-state index in [1.54, 1.807) is 10.8 Å². The van der Waals surface area contributed by atoms with Gasteiger partial charge in [-0.3, -0.25) is 0 Å². The zero-order valence-electron chi connectivity index (χ0n) is 26.3. The predicted molar refractivity (Wildman–Crippen MR) is 165 cm³/mol. The fourth-order valence-electron chi connectivity index (χ4n) is 6.27. The molecule has 3 atom stereocenters. The van der Waals surface area contributed by atoms with E-state index in [1.807, 2.05) is 45.0 Å². The van der Waals surface area contributed by atoms with Crippen molar-refractivity contribution in [3.8, 4) is 0 Å². The molecule has 3 heterocycles. The number of amides is 1. The van der Waals surface area contributed by atoms with Gasteiger partial charge in [-0.15, -0.1) is 0 Å². The first-order valence-corrected chi connectivity index (χ1v) is 22.2. The van der Waals surface area contributed by atoms with Crippen molar-refractivity contribution in [2.24, 2.45) is 0 Å². The molecule has 2 aliphatic heterocycles. The van der Waals surface area contributed by atoms with Crippen LogP contribution in [0, 0.1) is 0 Å². The number of carbonyl (C=O) groups excluding carboxylic acids is 1. The zero-order valence-corrected chi connectivity index (χ0v) is 29.2. The van der Waals surface area contributed by atoms with Crippen LogP contribution in [0.2, 0.25) is 9.88 Å². The van der Waals surface area contributed by atoms with Gasteiger partial charge in [0.1, 0.15) is 0 Å². The Balaban J connectivity index is 1.56. The van der Waals surface area contributed by atoms with Gasteiger partial charge in [0.2, 0.25) is 0 Å². The maximum absolute atomic E-state index is 14.0. The summed E-state index contributed by atoms with van der Waals surface area (Å²) in [6, 6.07) is 7.75. The molecule has 2 aliphatic rings. The number of hydrogen-bond donors (Lipinski definition) is 1. The molecule has 1 fully saturated rings. The van der Waals surface area contributed by atoms with E-state index >= 15 is 0 Å². The quantitative estimate of drug-likeness (QED) is 0.163. The molecule has 0 spiro atoms. The van der Waals surface area contributed by atoms with Crippen molar-refractivity contribution >= 4 is 36.6 Å². The molecule has 1 unspecified atom stereocenters. The van der Waals surface area contributed by atoms with E-state index in [2.05, 4.69) is 20.9 Å². The van der Waals surface area contributed by atoms with Gasteiger partial charge in [-0.2, -0.15) is 0 Å². The Kier molecular flexibility index (Phi) is 9.68. The number of aliphatic hydroxyl groups is 1. The summed E-state index contributed by atoms with van der Waals surface area (Å²) >= 11 is -1.70. The SMILES string of the molecule is [CH3][Sn-]([CH3])[C]1=CC[C@@H]2CN(C(=O)c3cc(C(F)(F)F)cc(C(F)(F)F)c3)[C@H](Cc3cn(C(O)OC(C)(C)C)c4ccccc34)CN2C1. The topological polar surface area (TPSA) is 57.9 Å². The van der Waals surface area contributed by atoms with E-state index < -0.39 is 72.8 Å². The second-order valence-electron chi connectivity index (χ2n) is 13.3. The first kappa shape index (κ1) is 34.8. The minimum absolute atomic E-state index is 0.0386. The number of piperazine rings is 1. The van der Waals surface area contributed by atoms with Crippen molar-refractivity contribution in [1.29, 1.82) is 0 Å². The van der Waals surface area contributed by atoms with Crippen molar-refractivity contribution in [3.63, 3.8) is 0 Å². The van der Waals surface area contributed by atoms with Gasteiger partial charge in [-0.25, -0.2) is 0 Å². The third kappa shape index (κ3) is 7.60. The minimum atomic E-state index is -5.07. The second-order valence-corrected chi connectivity index (χ2v) is 20.8. The predicted octanol–water partition coefficient (Wildman–Crippen LogP) is 7.30. The molecular formula is C33H38F6N3O3Sn-. The molecule has 46 heavy (non-hydrogen) atoms. The van der Waals surface area contributed by atoms with Crippen molar-refractivity contribution in [2.45, 2.75) is 79.9 Å². The number of alkyl halides is 6. The van der Waals surface area contributed by atoms with E-state index in [9.17, 15) is 36.2 Å². The van der Waals surface area contributed by atoms with Crippen LogP contribution in [-0.4, -0.2) is 82.5 Å². The molecule has 6 nitrogen and oxygen atoms in total. The van der Waals surface area contributed by atoms with E-state index in [1.165, 1.54) is 8.49 Å². The van der Waals surface area contributed by atoms with Gasteiger partial charge in [0, 0.05) is 0 Å². The molecule has 1 aromatic heterocycles. The summed E-state index contributed by atoms with van der Waals surface area (Å²) in [5.74, 6) is -0.877. The Morgan fingerprint density at radius 1 is 1.00 bits per heavy atom. The summed E-state index contributed by atoms with van der Waals surface area (Å²) in [6.07, 6.45) is -6.59. The summed E-state index contributed by atoms with van der Waals surface area (Å²) in [4.78, 5) is 22.4. The molecule has 0 aliphatic carbocycles. The Hall–Kier alpha value is -2.55. The monoisotopic (exact) mass is 758 g/mol. The number of para-hydroxylation sites is 1. The number of halogens is 6. The van der Waals surface area contributed by atoms with Crippen LogP contribution in [0.25, 0.3) is 10.9 Å². The molecule has 5 rings (SSSR count). The molecular weight excluding hydrogens is 719 g/mol. The third-order valence-corrected chi connectivity index (χ3v) is 13.2. The van der Waals surface area contributed by atoms with Crippen LogP contribution in [0.4, 0.5) is 26.3 Å². The third-order valence-electron chi connectivity index (χ3n) is 8.53. The van der Waals surface area contributed by atoms with Crippen molar-refractivity contribution in [2.75, 3.05) is 19.6 Å². The van der Waals surface area contributed by atoms with Crippen molar-refractivity contribution in [1.82, 2.24) is 14.4 Å². The summed E-state index contributed by atoms with van der Waals surface area (Å²) in [5.41, 5.74) is -2.90. The standard InChI is InChI=1S/C31H32F6N3O3.2CH3.Sn/c1-29(2,3)43-28(42)40-16-20(25-9-4-5-10-26(25)40)14-24-17-38-11-7-6-8-23(38)18-39(24)27(41)19-12-21(30(32,33)34)15-22(13-19)31(35,36)37;;;/h4-6,9-10,12-13,15-16,23-24,28,42H,8,11,14,17-18H2,1-3H3;2*1H3;/q;;;-1/t23-,24-,28?;;;/m1.../s1. The summed E-state index contributed by atoms with van der Waals surface area (Å²) in [7, 11) is 0. The molecule has 1 amide bonds. The van der Waals surface area contributed by atoms with Crippen LogP contribution in [0.5, 0.6) is 0 Å². The molecule has 13 heteroatoms. The fourth-order valence-corrected chi connectivity index (χ4v) is 9.25. The van der Waals surface area contributed by atoms with Crippen LogP contribution in [-0.2, 0) is 23.5 Å². The first-order chi connectivity index (χ1) is 21.3. The molecule has 0 saturated carbocycles. The normalized spacial score (nSPS) is 20.4. The molecule has 0 bridgehead atoms. The van der Waals surface area contributed by atoms with Gasteiger partial charge in [-0.05, 0) is 20.8 Å². The van der Waals surface area contributed by atoms with Gasteiger partial charge in [0.05, 0.1) is 0 Å². The maximum atomic E-state index is 14.0. The number of carbonyl (C=O) groups is 1. The summed E-state index contributed by atoms with van der Waals surface area (Å²) < 4.78 is 91.1. The van der Waals surface area contributed by atoms with E-state index in [-0.39, 0.29) is 25.1 Å². The number of benzene rings is 2. The van der Waals surface area contributed by atoms with Crippen LogP contribution >= 0.6 is 0 Å². The summed E-state index contributed by atoms with van der Waals surface area (Å²) in [6.45, 7) is 6.73. The molecule has 250 valence electrons. The van der Waals surface area contributed by atoms with Crippen LogP contribution in [0.1, 0.15) is 60.7 Å².